The molecule has 0 aliphatic carbocycles. The molecule has 0 bridgehead atoms. The molecule has 0 aliphatic rings. The maximum atomic E-state index is 13.3. The number of sulfonamides is 1. The van der Waals surface area contributed by atoms with Crippen LogP contribution in [0.1, 0.15) is 22.3 Å². The van der Waals surface area contributed by atoms with Gasteiger partial charge in [-0.3, -0.25) is 19.2 Å². The number of anilines is 1. The van der Waals surface area contributed by atoms with Gasteiger partial charge in [0.05, 0.1) is 21.7 Å². The lowest BCUT2D eigenvalue weighted by Gasteiger charge is -2.23. The molecule has 34 heavy (non-hydrogen) atoms. The molecule has 0 radical (unpaired) electrons. The Morgan fingerprint density at radius 2 is 1.74 bits per heavy atom. The summed E-state index contributed by atoms with van der Waals surface area (Å²) in [4.78, 5) is 23.2. The summed E-state index contributed by atoms with van der Waals surface area (Å²) in [5, 5.41) is 15.2. The third-order valence-electron chi connectivity index (χ3n) is 5.44. The normalized spacial score (nSPS) is 11.4. The van der Waals surface area contributed by atoms with Crippen LogP contribution in [0.25, 0.3) is 0 Å². The predicted molar refractivity (Wildman–Crippen MR) is 130 cm³/mol. The van der Waals surface area contributed by atoms with Crippen LogP contribution in [0.5, 0.6) is 0 Å². The first-order valence-corrected chi connectivity index (χ1v) is 11.8. The molecule has 0 heterocycles. The Morgan fingerprint density at radius 1 is 1.03 bits per heavy atom. The number of aryl methyl sites for hydroxylation is 1. The Hall–Kier alpha value is -4.05. The zero-order chi connectivity index (χ0) is 24.9. The Morgan fingerprint density at radius 3 is 2.41 bits per heavy atom. The number of non-ortho nitro benzene ring substituents is 1. The molecule has 0 spiro atoms. The van der Waals surface area contributed by atoms with Gasteiger partial charge >= 0.3 is 0 Å². The highest BCUT2D eigenvalue weighted by molar-refractivity contribution is 7.92. The largest absolute Gasteiger partial charge is 0.271 e. The summed E-state index contributed by atoms with van der Waals surface area (Å²) in [7, 11) is -4.19. The Labute approximate surface area is 197 Å². The number of amides is 1. The summed E-state index contributed by atoms with van der Waals surface area (Å²) in [5.74, 6) is -0.705. The third kappa shape index (κ3) is 5.46. The quantitative estimate of drug-likeness (QED) is 0.298. The van der Waals surface area contributed by atoms with Crippen molar-refractivity contribution in [3.8, 4) is 0 Å². The van der Waals surface area contributed by atoms with Gasteiger partial charge in [0.1, 0.15) is 6.54 Å². The third-order valence-corrected chi connectivity index (χ3v) is 7.23. The second-order valence-electron chi connectivity index (χ2n) is 7.62. The van der Waals surface area contributed by atoms with Gasteiger partial charge in [-0.2, -0.15) is 5.10 Å². The zero-order valence-corrected chi connectivity index (χ0v) is 19.7. The number of nitro benzene ring substituents is 1. The molecule has 0 aliphatic heterocycles. The molecule has 176 valence electrons. The summed E-state index contributed by atoms with van der Waals surface area (Å²) in [6.07, 6.45) is 1.49. The molecular weight excluding hydrogens is 456 g/mol. The number of carbonyl (C=O) groups excluding carboxylic acids is 1. The number of nitro groups is 1. The fraction of sp³-hybridized carbons (Fsp3) is 0.167. The van der Waals surface area contributed by atoms with Gasteiger partial charge < -0.3 is 0 Å². The van der Waals surface area contributed by atoms with E-state index in [0.717, 1.165) is 32.6 Å². The minimum atomic E-state index is -4.19. The van der Waals surface area contributed by atoms with E-state index in [9.17, 15) is 23.3 Å². The van der Waals surface area contributed by atoms with Crippen LogP contribution >= 0.6 is 0 Å². The van der Waals surface area contributed by atoms with E-state index in [2.05, 4.69) is 10.5 Å². The molecule has 0 unspecified atom stereocenters. The number of nitrogens with zero attached hydrogens (tertiary/aromatic N) is 3. The number of hydrogen-bond acceptors (Lipinski definition) is 6. The lowest BCUT2D eigenvalue weighted by atomic mass is 10.00. The van der Waals surface area contributed by atoms with E-state index in [1.165, 1.54) is 36.5 Å². The van der Waals surface area contributed by atoms with Crippen molar-refractivity contribution in [2.24, 2.45) is 5.10 Å². The summed E-state index contributed by atoms with van der Waals surface area (Å²) >= 11 is 0. The molecule has 10 heteroatoms. The highest BCUT2D eigenvalue weighted by Gasteiger charge is 2.28. The molecule has 0 fully saturated rings. The van der Waals surface area contributed by atoms with Gasteiger partial charge in [-0.15, -0.1) is 0 Å². The van der Waals surface area contributed by atoms with Crippen LogP contribution in [-0.4, -0.2) is 32.0 Å². The second kappa shape index (κ2) is 10.3. The van der Waals surface area contributed by atoms with Crippen LogP contribution in [0.15, 0.2) is 76.7 Å². The Kier molecular flexibility index (Phi) is 7.42. The highest BCUT2D eigenvalue weighted by Crippen LogP contribution is 2.26. The van der Waals surface area contributed by atoms with Gasteiger partial charge in [0.25, 0.3) is 21.6 Å². The minimum Gasteiger partial charge on any atom is -0.271 e. The lowest BCUT2D eigenvalue weighted by molar-refractivity contribution is -0.384. The van der Waals surface area contributed by atoms with E-state index in [0.29, 0.717) is 0 Å². The highest BCUT2D eigenvalue weighted by atomic mass is 32.2. The van der Waals surface area contributed by atoms with Gasteiger partial charge in [0.15, 0.2) is 0 Å². The molecule has 0 atom stereocenters. The van der Waals surface area contributed by atoms with Crippen LogP contribution in [0.4, 0.5) is 11.4 Å². The topological polar surface area (TPSA) is 122 Å². The van der Waals surface area contributed by atoms with Crippen molar-refractivity contribution in [1.82, 2.24) is 5.43 Å². The maximum absolute atomic E-state index is 13.3. The van der Waals surface area contributed by atoms with Crippen LogP contribution in [0.2, 0.25) is 0 Å². The van der Waals surface area contributed by atoms with E-state index >= 15 is 0 Å². The summed E-state index contributed by atoms with van der Waals surface area (Å²) in [6.45, 7) is 5.32. The van der Waals surface area contributed by atoms with Crippen molar-refractivity contribution in [3.63, 3.8) is 0 Å². The fourth-order valence-corrected chi connectivity index (χ4v) is 4.69. The smallest absolute Gasteiger partial charge is 0.271 e. The van der Waals surface area contributed by atoms with E-state index in [4.69, 9.17) is 0 Å². The van der Waals surface area contributed by atoms with E-state index in [1.54, 1.807) is 18.2 Å². The first kappa shape index (κ1) is 24.6. The van der Waals surface area contributed by atoms with Crippen molar-refractivity contribution in [3.05, 3.63) is 99.1 Å². The van der Waals surface area contributed by atoms with E-state index in [1.807, 2.05) is 32.9 Å². The molecule has 0 saturated heterocycles. The monoisotopic (exact) mass is 480 g/mol. The average Bonchev–Trinajstić information content (AvgIpc) is 2.83. The molecule has 1 amide bonds. The first-order valence-electron chi connectivity index (χ1n) is 10.3. The summed E-state index contributed by atoms with van der Waals surface area (Å²) in [5.41, 5.74) is 6.12. The molecule has 0 aromatic heterocycles. The molecule has 3 aromatic carbocycles. The van der Waals surface area contributed by atoms with Crippen molar-refractivity contribution < 1.29 is 18.1 Å². The number of nitrogens with one attached hydrogen (secondary N) is 1. The number of benzene rings is 3. The standard InChI is InChI=1S/C24H24N4O5S/c1-17-12-13-20(19(3)18(17)2)15-25-26-24(29)16-27(21-8-7-9-22(14-21)28(30)31)34(32,33)23-10-5-4-6-11-23/h4-15H,16H2,1-3H3,(H,26,29)/b25-15-. The minimum absolute atomic E-state index is 0.0119. The predicted octanol–water partition coefficient (Wildman–Crippen LogP) is 3.87. The molecule has 1 N–H and O–H groups in total. The number of hydrogen-bond donors (Lipinski definition) is 1. The first-order chi connectivity index (χ1) is 16.1. The van der Waals surface area contributed by atoms with Gasteiger partial charge in [0, 0.05) is 12.1 Å². The van der Waals surface area contributed by atoms with Gasteiger partial charge in [-0.1, -0.05) is 36.4 Å². The van der Waals surface area contributed by atoms with Crippen LogP contribution < -0.4 is 9.73 Å². The number of hydrazone groups is 1. The molecular formula is C24H24N4O5S. The van der Waals surface area contributed by atoms with Crippen molar-refractivity contribution in [1.29, 1.82) is 0 Å². The summed E-state index contributed by atoms with van der Waals surface area (Å²) < 4.78 is 27.4. The van der Waals surface area contributed by atoms with Gasteiger partial charge in [-0.05, 0) is 61.2 Å². The maximum Gasteiger partial charge on any atom is 0.271 e. The SMILES string of the molecule is Cc1ccc(/C=N\NC(=O)CN(c2cccc([N+](=O)[O-])c2)S(=O)(=O)c2ccccc2)c(C)c1C. The number of carbonyl (C=O) groups is 1. The summed E-state index contributed by atoms with van der Waals surface area (Å²) in [6, 6.07) is 16.5. The fourth-order valence-electron chi connectivity index (χ4n) is 3.25. The Bertz CT molecular complexity index is 1360. The molecule has 9 nitrogen and oxygen atoms in total. The molecule has 0 saturated carbocycles. The lowest BCUT2D eigenvalue weighted by Crippen LogP contribution is -2.39. The second-order valence-corrected chi connectivity index (χ2v) is 9.48. The van der Waals surface area contributed by atoms with E-state index < -0.39 is 27.4 Å². The molecule has 3 rings (SSSR count). The number of rotatable bonds is 8. The van der Waals surface area contributed by atoms with Gasteiger partial charge in [-0.25, -0.2) is 13.8 Å². The van der Waals surface area contributed by atoms with Crippen molar-refractivity contribution >= 4 is 33.5 Å². The van der Waals surface area contributed by atoms with Crippen LogP contribution in [-0.2, 0) is 14.8 Å². The van der Waals surface area contributed by atoms with Gasteiger partial charge in [0.2, 0.25) is 0 Å². The zero-order valence-electron chi connectivity index (χ0n) is 18.9. The Balaban J connectivity index is 1.89. The average molecular weight is 481 g/mol. The molecule has 3 aromatic rings. The van der Waals surface area contributed by atoms with Crippen LogP contribution in [0, 0.1) is 30.9 Å². The van der Waals surface area contributed by atoms with Crippen molar-refractivity contribution in [2.45, 2.75) is 25.7 Å². The van der Waals surface area contributed by atoms with Crippen LogP contribution in [0.3, 0.4) is 0 Å². The van der Waals surface area contributed by atoms with E-state index in [-0.39, 0.29) is 16.3 Å². The van der Waals surface area contributed by atoms with Crippen molar-refractivity contribution in [2.75, 3.05) is 10.8 Å².